The molecule has 0 aromatic heterocycles. The second-order valence-corrected chi connectivity index (χ2v) is 2.81. The molecular weight excluding hydrogens is 150 g/mol. The van der Waals surface area contributed by atoms with Gasteiger partial charge in [0.2, 0.25) is 0 Å². The lowest BCUT2D eigenvalue weighted by Crippen LogP contribution is -2.09. The Kier molecular flexibility index (Phi) is 2.88. The lowest BCUT2D eigenvalue weighted by atomic mass is 10.2. The normalized spacial score (nSPS) is 13.5. The molecule has 0 fully saturated rings. The maximum Gasteiger partial charge on any atom is 0.116 e. The molecule has 1 aromatic rings. The Morgan fingerprint density at radius 2 is 2.25 bits per heavy atom. The molecule has 0 heterocycles. The summed E-state index contributed by atoms with van der Waals surface area (Å²) in [4.78, 5) is 0. The van der Waals surface area contributed by atoms with E-state index in [0.29, 0.717) is 0 Å². The van der Waals surface area contributed by atoms with E-state index in [1.807, 2.05) is 25.1 Å². The third-order valence-corrected chi connectivity index (χ3v) is 1.46. The first-order chi connectivity index (χ1) is 5.68. The van der Waals surface area contributed by atoms with Crippen molar-refractivity contribution in [2.24, 2.45) is 5.73 Å². The molecule has 0 radical (unpaired) electrons. The summed E-state index contributed by atoms with van der Waals surface area (Å²) in [5.74, 6) is 0.279. The highest BCUT2D eigenvalue weighted by atomic mass is 16.3. The molecule has 0 saturated heterocycles. The Balaban J connectivity index is 2.76. The van der Waals surface area contributed by atoms with Gasteiger partial charge in [0.15, 0.2) is 0 Å². The van der Waals surface area contributed by atoms with E-state index in [2.05, 4.69) is 0 Å². The van der Waals surface area contributed by atoms with Crippen LogP contribution in [0.2, 0.25) is 0 Å². The van der Waals surface area contributed by atoms with Crippen molar-refractivity contribution in [2.75, 3.05) is 0 Å². The van der Waals surface area contributed by atoms with Gasteiger partial charge < -0.3 is 10.8 Å². The minimum Gasteiger partial charge on any atom is -0.508 e. The summed E-state index contributed by atoms with van der Waals surface area (Å²) in [6.45, 7) is 1.90. The van der Waals surface area contributed by atoms with Crippen molar-refractivity contribution >= 4 is 6.08 Å². The van der Waals surface area contributed by atoms with E-state index in [-0.39, 0.29) is 11.8 Å². The standard InChI is InChI=1S/C10H13NO/c1-8(11)5-6-9-3-2-4-10(12)7-9/h2-8,12H,11H2,1H3/b6-5+. The molecule has 0 saturated carbocycles. The molecule has 2 heteroatoms. The molecule has 0 spiro atoms. The summed E-state index contributed by atoms with van der Waals surface area (Å²) < 4.78 is 0. The largest absolute Gasteiger partial charge is 0.508 e. The van der Waals surface area contributed by atoms with E-state index >= 15 is 0 Å². The second-order valence-electron chi connectivity index (χ2n) is 2.81. The van der Waals surface area contributed by atoms with Crippen LogP contribution in [0.1, 0.15) is 12.5 Å². The molecule has 12 heavy (non-hydrogen) atoms. The molecule has 2 nitrogen and oxygen atoms in total. The van der Waals surface area contributed by atoms with Gasteiger partial charge in [-0.05, 0) is 24.6 Å². The van der Waals surface area contributed by atoms with Crippen LogP contribution in [0.25, 0.3) is 6.08 Å². The molecule has 0 amide bonds. The van der Waals surface area contributed by atoms with E-state index in [9.17, 15) is 0 Å². The lowest BCUT2D eigenvalue weighted by molar-refractivity contribution is 0.475. The van der Waals surface area contributed by atoms with Gasteiger partial charge in [-0.3, -0.25) is 0 Å². The first kappa shape index (κ1) is 8.81. The molecule has 0 aliphatic carbocycles. The molecule has 0 aliphatic heterocycles. The molecule has 1 aromatic carbocycles. The maximum atomic E-state index is 9.11. The highest BCUT2D eigenvalue weighted by Crippen LogP contribution is 2.11. The fourth-order valence-corrected chi connectivity index (χ4v) is 0.891. The minimum atomic E-state index is 0.0485. The molecule has 1 atom stereocenters. The molecular formula is C10H13NO. The highest BCUT2D eigenvalue weighted by molar-refractivity contribution is 5.51. The Labute approximate surface area is 72.3 Å². The molecule has 0 bridgehead atoms. The third-order valence-electron chi connectivity index (χ3n) is 1.46. The van der Waals surface area contributed by atoms with Gasteiger partial charge in [0.1, 0.15) is 5.75 Å². The second kappa shape index (κ2) is 3.93. The molecule has 1 rings (SSSR count). The van der Waals surface area contributed by atoms with Crippen molar-refractivity contribution in [3.05, 3.63) is 35.9 Å². The number of aromatic hydroxyl groups is 1. The Morgan fingerprint density at radius 1 is 1.50 bits per heavy atom. The predicted molar refractivity (Wildman–Crippen MR) is 50.8 cm³/mol. The monoisotopic (exact) mass is 163 g/mol. The van der Waals surface area contributed by atoms with Crippen LogP contribution in [-0.4, -0.2) is 11.1 Å². The smallest absolute Gasteiger partial charge is 0.116 e. The van der Waals surface area contributed by atoms with E-state index in [1.54, 1.807) is 18.2 Å². The average Bonchev–Trinajstić information content (AvgIpc) is 2.01. The van der Waals surface area contributed by atoms with Gasteiger partial charge in [-0.1, -0.05) is 24.3 Å². The van der Waals surface area contributed by atoms with Crippen LogP contribution < -0.4 is 5.73 Å². The number of phenols is 1. The summed E-state index contributed by atoms with van der Waals surface area (Å²) in [6.07, 6.45) is 3.78. The minimum absolute atomic E-state index is 0.0485. The fraction of sp³-hybridized carbons (Fsp3) is 0.200. The van der Waals surface area contributed by atoms with Crippen molar-refractivity contribution in [1.29, 1.82) is 0 Å². The number of rotatable bonds is 2. The van der Waals surface area contributed by atoms with Gasteiger partial charge in [-0.2, -0.15) is 0 Å². The number of phenolic OH excluding ortho intramolecular Hbond substituents is 1. The van der Waals surface area contributed by atoms with Gasteiger partial charge in [-0.25, -0.2) is 0 Å². The summed E-state index contributed by atoms with van der Waals surface area (Å²) in [5.41, 5.74) is 6.49. The number of nitrogens with two attached hydrogens (primary N) is 1. The molecule has 3 N–H and O–H groups in total. The van der Waals surface area contributed by atoms with Crippen molar-refractivity contribution in [2.45, 2.75) is 13.0 Å². The fourth-order valence-electron chi connectivity index (χ4n) is 0.891. The highest BCUT2D eigenvalue weighted by Gasteiger charge is 1.89. The van der Waals surface area contributed by atoms with E-state index in [0.717, 1.165) is 5.56 Å². The van der Waals surface area contributed by atoms with E-state index in [4.69, 9.17) is 10.8 Å². The SMILES string of the molecule is CC(N)/C=C/c1cccc(O)c1. The third kappa shape index (κ3) is 2.76. The molecule has 1 unspecified atom stereocenters. The number of hydrogen-bond acceptors (Lipinski definition) is 2. The zero-order valence-corrected chi connectivity index (χ0v) is 7.07. The summed E-state index contributed by atoms with van der Waals surface area (Å²) >= 11 is 0. The molecule has 0 aliphatic rings. The number of hydrogen-bond donors (Lipinski definition) is 2. The quantitative estimate of drug-likeness (QED) is 0.697. The maximum absolute atomic E-state index is 9.11. The van der Waals surface area contributed by atoms with Gasteiger partial charge in [0.25, 0.3) is 0 Å². The topological polar surface area (TPSA) is 46.2 Å². The first-order valence-electron chi connectivity index (χ1n) is 3.91. The van der Waals surface area contributed by atoms with Crippen molar-refractivity contribution in [1.82, 2.24) is 0 Å². The predicted octanol–water partition coefficient (Wildman–Crippen LogP) is 1.75. The van der Waals surface area contributed by atoms with Crippen molar-refractivity contribution < 1.29 is 5.11 Å². The lowest BCUT2D eigenvalue weighted by Gasteiger charge is -1.96. The summed E-state index contributed by atoms with van der Waals surface area (Å²) in [6, 6.07) is 7.10. The van der Waals surface area contributed by atoms with Crippen LogP contribution in [-0.2, 0) is 0 Å². The van der Waals surface area contributed by atoms with Crippen LogP contribution in [0.15, 0.2) is 30.3 Å². The van der Waals surface area contributed by atoms with Crippen molar-refractivity contribution in [3.8, 4) is 5.75 Å². The van der Waals surface area contributed by atoms with Crippen LogP contribution in [0.4, 0.5) is 0 Å². The van der Waals surface area contributed by atoms with Crippen LogP contribution in [0.5, 0.6) is 5.75 Å². The first-order valence-corrected chi connectivity index (χ1v) is 3.91. The van der Waals surface area contributed by atoms with E-state index < -0.39 is 0 Å². The average molecular weight is 163 g/mol. The Morgan fingerprint density at radius 3 is 2.83 bits per heavy atom. The Hall–Kier alpha value is -1.28. The van der Waals surface area contributed by atoms with Crippen molar-refractivity contribution in [3.63, 3.8) is 0 Å². The van der Waals surface area contributed by atoms with Gasteiger partial charge in [-0.15, -0.1) is 0 Å². The van der Waals surface area contributed by atoms with Crippen LogP contribution in [0.3, 0.4) is 0 Å². The molecule has 64 valence electrons. The van der Waals surface area contributed by atoms with Crippen LogP contribution in [0, 0.1) is 0 Å². The van der Waals surface area contributed by atoms with Gasteiger partial charge in [0.05, 0.1) is 0 Å². The summed E-state index contributed by atoms with van der Waals surface area (Å²) in [5, 5.41) is 9.11. The van der Waals surface area contributed by atoms with E-state index in [1.165, 1.54) is 0 Å². The number of benzene rings is 1. The van der Waals surface area contributed by atoms with Crippen LogP contribution >= 0.6 is 0 Å². The van der Waals surface area contributed by atoms with Gasteiger partial charge in [0, 0.05) is 6.04 Å². The zero-order chi connectivity index (χ0) is 8.97. The summed E-state index contributed by atoms with van der Waals surface area (Å²) in [7, 11) is 0. The Bertz CT molecular complexity index is 279. The van der Waals surface area contributed by atoms with Gasteiger partial charge >= 0.3 is 0 Å². The zero-order valence-electron chi connectivity index (χ0n) is 7.07.